The van der Waals surface area contributed by atoms with Crippen LogP contribution in [0.1, 0.15) is 16.1 Å². The number of anilines is 1. The van der Waals surface area contributed by atoms with Crippen molar-refractivity contribution in [2.24, 2.45) is 10.7 Å². The van der Waals surface area contributed by atoms with Gasteiger partial charge in [0.25, 0.3) is 5.91 Å². The third kappa shape index (κ3) is 3.25. The van der Waals surface area contributed by atoms with Gasteiger partial charge < -0.3 is 20.3 Å². The number of nitrogens with zero attached hydrogens (tertiary/aromatic N) is 5. The van der Waals surface area contributed by atoms with Gasteiger partial charge in [-0.2, -0.15) is 0 Å². The summed E-state index contributed by atoms with van der Waals surface area (Å²) in [5.41, 5.74) is 6.86. The summed E-state index contributed by atoms with van der Waals surface area (Å²) < 4.78 is 5.34. The van der Waals surface area contributed by atoms with Gasteiger partial charge in [-0.15, -0.1) is 0 Å². The number of amides is 1. The maximum Gasteiger partial charge on any atom is 0.257 e. The third-order valence-corrected chi connectivity index (χ3v) is 3.85. The Bertz CT molecular complexity index is 723. The predicted octanol–water partition coefficient (Wildman–Crippen LogP) is -0.254. The molecule has 1 saturated heterocycles. The SMILES string of the molecule is CN1CC=C(/C=N\C(=N)N)c2nc(N3CCOCC3)ncc2C1=O. The van der Waals surface area contributed by atoms with E-state index in [0.29, 0.717) is 55.6 Å². The van der Waals surface area contributed by atoms with Crippen molar-refractivity contribution in [3.63, 3.8) is 0 Å². The number of aliphatic imine (C=N–C) groups is 1. The van der Waals surface area contributed by atoms with Crippen LogP contribution < -0.4 is 10.6 Å². The van der Waals surface area contributed by atoms with Crippen molar-refractivity contribution in [2.45, 2.75) is 0 Å². The second-order valence-corrected chi connectivity index (χ2v) is 5.52. The number of ether oxygens (including phenoxy) is 1. The Morgan fingerprint density at radius 1 is 1.46 bits per heavy atom. The molecule has 1 fully saturated rings. The molecule has 2 aliphatic rings. The number of guanidine groups is 1. The molecule has 1 aromatic heterocycles. The monoisotopic (exact) mass is 329 g/mol. The lowest BCUT2D eigenvalue weighted by Gasteiger charge is -2.27. The zero-order valence-electron chi connectivity index (χ0n) is 13.4. The van der Waals surface area contributed by atoms with E-state index < -0.39 is 0 Å². The van der Waals surface area contributed by atoms with Crippen LogP contribution in [-0.4, -0.2) is 72.8 Å². The Morgan fingerprint density at radius 2 is 2.21 bits per heavy atom. The first kappa shape index (κ1) is 16.1. The number of fused-ring (bicyclic) bond motifs is 1. The van der Waals surface area contributed by atoms with Crippen LogP contribution in [0.4, 0.5) is 5.95 Å². The minimum atomic E-state index is -0.302. The highest BCUT2D eigenvalue weighted by Gasteiger charge is 2.24. The van der Waals surface area contributed by atoms with E-state index in [1.165, 1.54) is 6.21 Å². The molecule has 0 aliphatic carbocycles. The fourth-order valence-corrected chi connectivity index (χ4v) is 2.54. The fraction of sp³-hybridized carbons (Fsp3) is 0.400. The summed E-state index contributed by atoms with van der Waals surface area (Å²) >= 11 is 0. The van der Waals surface area contributed by atoms with Crippen molar-refractivity contribution < 1.29 is 9.53 Å². The molecule has 24 heavy (non-hydrogen) atoms. The van der Waals surface area contributed by atoms with Gasteiger partial charge in [-0.05, 0) is 0 Å². The van der Waals surface area contributed by atoms with Crippen LogP contribution in [0.15, 0.2) is 17.3 Å². The number of carbonyl (C=O) groups is 1. The van der Waals surface area contributed by atoms with Crippen LogP contribution >= 0.6 is 0 Å². The summed E-state index contributed by atoms with van der Waals surface area (Å²) in [4.78, 5) is 28.8. The molecule has 3 rings (SSSR count). The molecule has 2 aliphatic heterocycles. The number of likely N-dealkylation sites (N-methyl/N-ethyl adjacent to an activating group) is 1. The quantitative estimate of drug-likeness (QED) is 0.570. The normalized spacial score (nSPS) is 18.4. The number of rotatable bonds is 2. The summed E-state index contributed by atoms with van der Waals surface area (Å²) in [6, 6.07) is 0. The first-order valence-corrected chi connectivity index (χ1v) is 7.60. The van der Waals surface area contributed by atoms with Crippen molar-refractivity contribution in [1.29, 1.82) is 5.41 Å². The van der Waals surface area contributed by atoms with E-state index in [0.717, 1.165) is 0 Å². The van der Waals surface area contributed by atoms with Crippen molar-refractivity contribution in [3.8, 4) is 0 Å². The van der Waals surface area contributed by atoms with Gasteiger partial charge >= 0.3 is 0 Å². The number of hydrogen-bond donors (Lipinski definition) is 2. The number of nitrogens with two attached hydrogens (primary N) is 1. The summed E-state index contributed by atoms with van der Waals surface area (Å²) in [6.45, 7) is 3.06. The Labute approximate surface area is 139 Å². The zero-order valence-corrected chi connectivity index (χ0v) is 13.4. The zero-order chi connectivity index (χ0) is 17.1. The van der Waals surface area contributed by atoms with Gasteiger partial charge in [-0.1, -0.05) is 6.08 Å². The summed E-state index contributed by atoms with van der Waals surface area (Å²) in [5.74, 6) is 0.0985. The number of nitrogens with one attached hydrogen (secondary N) is 1. The summed E-state index contributed by atoms with van der Waals surface area (Å²) in [6.07, 6.45) is 4.85. The maximum absolute atomic E-state index is 12.5. The van der Waals surface area contributed by atoms with Crippen molar-refractivity contribution >= 4 is 29.6 Å². The van der Waals surface area contributed by atoms with Crippen LogP contribution in [-0.2, 0) is 4.74 Å². The molecule has 0 saturated carbocycles. The molecule has 3 heterocycles. The minimum absolute atomic E-state index is 0.152. The Balaban J connectivity index is 2.04. The number of hydrogen-bond acceptors (Lipinski definition) is 6. The molecular formula is C15H19N7O2. The molecule has 0 aromatic carbocycles. The van der Waals surface area contributed by atoms with E-state index in [1.807, 2.05) is 11.0 Å². The smallest absolute Gasteiger partial charge is 0.257 e. The van der Waals surface area contributed by atoms with E-state index in [9.17, 15) is 4.79 Å². The fourth-order valence-electron chi connectivity index (χ4n) is 2.54. The molecule has 0 bridgehead atoms. The number of morpholine rings is 1. The molecule has 1 aromatic rings. The van der Waals surface area contributed by atoms with Gasteiger partial charge in [0, 0.05) is 44.7 Å². The van der Waals surface area contributed by atoms with E-state index in [4.69, 9.17) is 15.9 Å². The van der Waals surface area contributed by atoms with E-state index in [2.05, 4.69) is 15.0 Å². The lowest BCUT2D eigenvalue weighted by atomic mass is 10.1. The molecule has 0 unspecified atom stereocenters. The maximum atomic E-state index is 12.5. The molecule has 1 amide bonds. The molecule has 0 spiro atoms. The van der Waals surface area contributed by atoms with Gasteiger partial charge in [0.05, 0.1) is 24.5 Å². The van der Waals surface area contributed by atoms with E-state index >= 15 is 0 Å². The van der Waals surface area contributed by atoms with Gasteiger partial charge in [0.1, 0.15) is 0 Å². The number of aromatic nitrogens is 2. The highest BCUT2D eigenvalue weighted by Crippen LogP contribution is 2.23. The second kappa shape index (κ2) is 6.75. The molecule has 126 valence electrons. The van der Waals surface area contributed by atoms with Crippen molar-refractivity contribution in [1.82, 2.24) is 14.9 Å². The molecule has 3 N–H and O–H groups in total. The Kier molecular flexibility index (Phi) is 4.52. The largest absolute Gasteiger partial charge is 0.378 e. The lowest BCUT2D eigenvalue weighted by Crippen LogP contribution is -2.37. The van der Waals surface area contributed by atoms with Crippen LogP contribution in [0.3, 0.4) is 0 Å². The molecule has 9 nitrogen and oxygen atoms in total. The predicted molar refractivity (Wildman–Crippen MR) is 90.4 cm³/mol. The Hall–Kier alpha value is -2.81. The lowest BCUT2D eigenvalue weighted by molar-refractivity contribution is 0.0810. The van der Waals surface area contributed by atoms with E-state index in [1.54, 1.807) is 18.1 Å². The summed E-state index contributed by atoms with van der Waals surface area (Å²) in [7, 11) is 1.71. The highest BCUT2D eigenvalue weighted by atomic mass is 16.5. The van der Waals surface area contributed by atoms with Crippen LogP contribution in [0.25, 0.3) is 5.57 Å². The summed E-state index contributed by atoms with van der Waals surface area (Å²) in [5, 5.41) is 7.25. The minimum Gasteiger partial charge on any atom is -0.378 e. The number of carbonyl (C=O) groups excluding carboxylic acids is 1. The van der Waals surface area contributed by atoms with Crippen LogP contribution in [0, 0.1) is 5.41 Å². The molecular weight excluding hydrogens is 310 g/mol. The van der Waals surface area contributed by atoms with Crippen LogP contribution in [0.5, 0.6) is 0 Å². The molecule has 0 radical (unpaired) electrons. The first-order valence-electron chi connectivity index (χ1n) is 7.60. The Morgan fingerprint density at radius 3 is 2.92 bits per heavy atom. The van der Waals surface area contributed by atoms with Crippen LogP contribution in [0.2, 0.25) is 0 Å². The first-order chi connectivity index (χ1) is 11.6. The standard InChI is InChI=1S/C15H19N7O2/c1-21-3-2-10(8-18-14(16)17)12-11(13(21)23)9-19-15(20-12)22-4-6-24-7-5-22/h2,8-9H,3-7H2,1H3,(H3,16,17)/b18-8-. The average molecular weight is 329 g/mol. The van der Waals surface area contributed by atoms with Crippen molar-refractivity contribution in [3.05, 3.63) is 23.5 Å². The van der Waals surface area contributed by atoms with Gasteiger partial charge in [0.15, 0.2) is 0 Å². The average Bonchev–Trinajstić information content (AvgIpc) is 2.71. The second-order valence-electron chi connectivity index (χ2n) is 5.52. The van der Waals surface area contributed by atoms with E-state index in [-0.39, 0.29) is 11.9 Å². The molecule has 0 atom stereocenters. The number of allylic oxidation sites excluding steroid dienone is 1. The van der Waals surface area contributed by atoms with Gasteiger partial charge in [0.2, 0.25) is 11.9 Å². The van der Waals surface area contributed by atoms with Gasteiger partial charge in [-0.25, -0.2) is 15.0 Å². The molecule has 9 heteroatoms. The topological polar surface area (TPSA) is 121 Å². The highest BCUT2D eigenvalue weighted by molar-refractivity contribution is 6.16. The van der Waals surface area contributed by atoms with Gasteiger partial charge in [-0.3, -0.25) is 10.2 Å². The van der Waals surface area contributed by atoms with Crippen molar-refractivity contribution in [2.75, 3.05) is 44.8 Å². The third-order valence-electron chi connectivity index (χ3n) is 3.85.